The topological polar surface area (TPSA) is 60.0 Å². The highest BCUT2D eigenvalue weighted by atomic mass is 16.5. The van der Waals surface area contributed by atoms with Crippen LogP contribution in [-0.4, -0.2) is 63.0 Å². The fourth-order valence-electron chi connectivity index (χ4n) is 4.05. The van der Waals surface area contributed by atoms with Crippen LogP contribution in [0.4, 0.5) is 0 Å². The Bertz CT molecular complexity index is 802. The van der Waals surface area contributed by atoms with Gasteiger partial charge in [-0.3, -0.25) is 9.69 Å². The van der Waals surface area contributed by atoms with Crippen LogP contribution in [0.2, 0.25) is 0 Å². The lowest BCUT2D eigenvalue weighted by atomic mass is 10.0. The first-order chi connectivity index (χ1) is 14.8. The quantitative estimate of drug-likeness (QED) is 0.725. The van der Waals surface area contributed by atoms with Gasteiger partial charge in [-0.2, -0.15) is 0 Å². The first-order valence-corrected chi connectivity index (χ1v) is 10.8. The number of hydrogen-bond acceptors (Lipinski definition) is 5. The summed E-state index contributed by atoms with van der Waals surface area (Å²) in [5.41, 5.74) is 1.76. The lowest BCUT2D eigenvalue weighted by Gasteiger charge is -2.35. The molecule has 2 aromatic carbocycles. The highest BCUT2D eigenvalue weighted by Crippen LogP contribution is 2.23. The van der Waals surface area contributed by atoms with Gasteiger partial charge in [0.25, 0.3) is 5.91 Å². The summed E-state index contributed by atoms with van der Waals surface area (Å²) in [4.78, 5) is 15.4. The zero-order valence-electron chi connectivity index (χ0n) is 17.3. The molecule has 4 rings (SSSR count). The highest BCUT2D eigenvalue weighted by molar-refractivity contribution is 5.96. The maximum atomic E-state index is 13.0. The number of ether oxygens (including phenoxy) is 3. The maximum Gasteiger partial charge on any atom is 0.255 e. The molecule has 2 atom stereocenters. The second-order valence-corrected chi connectivity index (χ2v) is 7.73. The lowest BCUT2D eigenvalue weighted by Crippen LogP contribution is -2.43. The number of carbonyl (C=O) groups is 1. The van der Waals surface area contributed by atoms with Gasteiger partial charge in [0.05, 0.1) is 30.9 Å². The van der Waals surface area contributed by atoms with E-state index in [-0.39, 0.29) is 18.1 Å². The molecule has 0 saturated carbocycles. The molecule has 2 aliphatic rings. The molecule has 2 unspecified atom stereocenters. The summed E-state index contributed by atoms with van der Waals surface area (Å²) < 4.78 is 17.1. The van der Waals surface area contributed by atoms with Gasteiger partial charge in [0.1, 0.15) is 12.4 Å². The van der Waals surface area contributed by atoms with Gasteiger partial charge in [-0.05, 0) is 30.5 Å². The SMILES string of the molecule is O=C(NCC(c1ccccc1)N1CCOCC1)c1ccccc1OCC1CCCO1. The summed E-state index contributed by atoms with van der Waals surface area (Å²) in [7, 11) is 0. The van der Waals surface area contributed by atoms with Gasteiger partial charge < -0.3 is 19.5 Å². The third-order valence-corrected chi connectivity index (χ3v) is 5.71. The molecule has 6 heteroatoms. The number of carbonyl (C=O) groups excluding carboxylic acids is 1. The van der Waals surface area contributed by atoms with Gasteiger partial charge in [0.2, 0.25) is 0 Å². The van der Waals surface area contributed by atoms with Crippen molar-refractivity contribution in [2.45, 2.75) is 25.0 Å². The minimum Gasteiger partial charge on any atom is -0.490 e. The number of nitrogens with one attached hydrogen (secondary N) is 1. The van der Waals surface area contributed by atoms with Crippen molar-refractivity contribution in [3.63, 3.8) is 0 Å². The minimum absolute atomic E-state index is 0.110. The Labute approximate surface area is 178 Å². The van der Waals surface area contributed by atoms with E-state index in [1.165, 1.54) is 5.56 Å². The number of para-hydroxylation sites is 1. The van der Waals surface area contributed by atoms with Gasteiger partial charge in [0, 0.05) is 26.2 Å². The summed E-state index contributed by atoms with van der Waals surface area (Å²) in [6.07, 6.45) is 2.19. The Morgan fingerprint density at radius 3 is 2.60 bits per heavy atom. The number of amides is 1. The third-order valence-electron chi connectivity index (χ3n) is 5.71. The van der Waals surface area contributed by atoms with Crippen LogP contribution in [0.3, 0.4) is 0 Å². The second-order valence-electron chi connectivity index (χ2n) is 7.73. The van der Waals surface area contributed by atoms with Crippen LogP contribution < -0.4 is 10.1 Å². The summed E-state index contributed by atoms with van der Waals surface area (Å²) in [6.45, 7) is 4.95. The van der Waals surface area contributed by atoms with Crippen molar-refractivity contribution < 1.29 is 19.0 Å². The van der Waals surface area contributed by atoms with E-state index in [1.54, 1.807) is 0 Å². The molecule has 0 aromatic heterocycles. The van der Waals surface area contributed by atoms with Crippen molar-refractivity contribution in [3.8, 4) is 5.75 Å². The fourth-order valence-corrected chi connectivity index (χ4v) is 4.05. The molecule has 6 nitrogen and oxygen atoms in total. The summed E-state index contributed by atoms with van der Waals surface area (Å²) in [6, 6.07) is 17.9. The van der Waals surface area contributed by atoms with E-state index < -0.39 is 0 Å². The molecule has 0 bridgehead atoms. The monoisotopic (exact) mass is 410 g/mol. The van der Waals surface area contributed by atoms with Gasteiger partial charge in [-0.15, -0.1) is 0 Å². The average molecular weight is 411 g/mol. The van der Waals surface area contributed by atoms with Crippen molar-refractivity contribution in [2.24, 2.45) is 0 Å². The highest BCUT2D eigenvalue weighted by Gasteiger charge is 2.24. The van der Waals surface area contributed by atoms with Crippen LogP contribution in [0, 0.1) is 0 Å². The Morgan fingerprint density at radius 2 is 1.83 bits per heavy atom. The van der Waals surface area contributed by atoms with E-state index in [0.29, 0.717) is 24.5 Å². The normalized spacial score (nSPS) is 20.6. The third kappa shape index (κ3) is 5.39. The standard InChI is InChI=1S/C24H30N2O4/c27-24(21-10-4-5-11-23(21)30-18-20-9-6-14-29-20)25-17-22(19-7-2-1-3-8-19)26-12-15-28-16-13-26/h1-5,7-8,10-11,20,22H,6,9,12-18H2,(H,25,27). The summed E-state index contributed by atoms with van der Waals surface area (Å²) in [5, 5.41) is 3.13. The Morgan fingerprint density at radius 1 is 1.07 bits per heavy atom. The van der Waals surface area contributed by atoms with E-state index in [0.717, 1.165) is 45.8 Å². The molecule has 160 valence electrons. The van der Waals surface area contributed by atoms with Crippen LogP contribution in [-0.2, 0) is 9.47 Å². The maximum absolute atomic E-state index is 13.0. The van der Waals surface area contributed by atoms with Gasteiger partial charge >= 0.3 is 0 Å². The first-order valence-electron chi connectivity index (χ1n) is 10.8. The molecule has 2 heterocycles. The van der Waals surface area contributed by atoms with Crippen LogP contribution in [0.15, 0.2) is 54.6 Å². The van der Waals surface area contributed by atoms with Crippen LogP contribution >= 0.6 is 0 Å². The zero-order valence-corrected chi connectivity index (χ0v) is 17.3. The molecule has 2 aliphatic heterocycles. The van der Waals surface area contributed by atoms with E-state index >= 15 is 0 Å². The zero-order chi connectivity index (χ0) is 20.6. The Kier molecular flexibility index (Phi) is 7.34. The smallest absolute Gasteiger partial charge is 0.255 e. The molecule has 30 heavy (non-hydrogen) atoms. The molecule has 1 amide bonds. The number of rotatable bonds is 8. The summed E-state index contributed by atoms with van der Waals surface area (Å²) in [5.74, 6) is 0.486. The molecule has 2 saturated heterocycles. The van der Waals surface area contributed by atoms with Crippen molar-refractivity contribution in [1.82, 2.24) is 10.2 Å². The van der Waals surface area contributed by atoms with E-state index in [1.807, 2.05) is 42.5 Å². The van der Waals surface area contributed by atoms with Crippen molar-refractivity contribution >= 4 is 5.91 Å². The predicted octanol–water partition coefficient (Wildman–Crippen LogP) is 3.05. The molecular weight excluding hydrogens is 380 g/mol. The van der Waals surface area contributed by atoms with Gasteiger partial charge in [-0.25, -0.2) is 0 Å². The predicted molar refractivity (Wildman–Crippen MR) is 115 cm³/mol. The van der Waals surface area contributed by atoms with Gasteiger partial charge in [0.15, 0.2) is 0 Å². The lowest BCUT2D eigenvalue weighted by molar-refractivity contribution is 0.0162. The number of hydrogen-bond donors (Lipinski definition) is 1. The summed E-state index contributed by atoms with van der Waals surface area (Å²) >= 11 is 0. The molecule has 0 aliphatic carbocycles. The van der Waals surface area contributed by atoms with Crippen molar-refractivity contribution in [3.05, 3.63) is 65.7 Å². The van der Waals surface area contributed by atoms with Crippen LogP contribution in [0.1, 0.15) is 34.8 Å². The average Bonchev–Trinajstić information content (AvgIpc) is 3.33. The molecule has 2 aromatic rings. The number of morpholine rings is 1. The van der Waals surface area contributed by atoms with Gasteiger partial charge in [-0.1, -0.05) is 42.5 Å². The molecule has 0 spiro atoms. The number of benzene rings is 2. The minimum atomic E-state index is -0.118. The van der Waals surface area contributed by atoms with E-state index in [9.17, 15) is 4.79 Å². The Balaban J connectivity index is 1.42. The van der Waals surface area contributed by atoms with Crippen molar-refractivity contribution in [1.29, 1.82) is 0 Å². The number of nitrogens with zero attached hydrogens (tertiary/aromatic N) is 1. The first kappa shape index (κ1) is 20.8. The largest absolute Gasteiger partial charge is 0.490 e. The van der Waals surface area contributed by atoms with Crippen molar-refractivity contribution in [2.75, 3.05) is 46.1 Å². The second kappa shape index (κ2) is 10.6. The van der Waals surface area contributed by atoms with Crippen LogP contribution in [0.25, 0.3) is 0 Å². The molecular formula is C24H30N2O4. The van der Waals surface area contributed by atoms with E-state index in [2.05, 4.69) is 22.3 Å². The molecule has 1 N–H and O–H groups in total. The Hall–Kier alpha value is -2.41. The molecule has 0 radical (unpaired) electrons. The fraction of sp³-hybridized carbons (Fsp3) is 0.458. The van der Waals surface area contributed by atoms with Crippen LogP contribution in [0.5, 0.6) is 5.75 Å². The van der Waals surface area contributed by atoms with E-state index in [4.69, 9.17) is 14.2 Å². The molecule has 2 fully saturated rings.